The number of imidazole rings is 1. The molecule has 0 bridgehead atoms. The van der Waals surface area contributed by atoms with Gasteiger partial charge in [-0.1, -0.05) is 62.1 Å². The Balaban J connectivity index is 1.63. The van der Waals surface area contributed by atoms with E-state index in [1.807, 2.05) is 35.2 Å². The maximum absolute atomic E-state index is 12.8. The molecule has 4 nitrogen and oxygen atoms in total. The van der Waals surface area contributed by atoms with E-state index in [1.165, 1.54) is 19.3 Å². The van der Waals surface area contributed by atoms with Crippen molar-refractivity contribution in [3.63, 3.8) is 0 Å². The van der Waals surface area contributed by atoms with Crippen LogP contribution < -0.4 is 4.90 Å². The van der Waals surface area contributed by atoms with E-state index in [0.717, 1.165) is 35.5 Å². The van der Waals surface area contributed by atoms with Crippen molar-refractivity contribution in [3.8, 4) is 0 Å². The quantitative estimate of drug-likeness (QED) is 0.475. The summed E-state index contributed by atoms with van der Waals surface area (Å²) in [6.07, 6.45) is 5.31. The smallest absolute Gasteiger partial charge is 0.227 e. The van der Waals surface area contributed by atoms with Crippen LogP contribution in [0.1, 0.15) is 50.8 Å². The molecule has 5 heteroatoms. The number of amides is 1. The number of halogens is 1. The van der Waals surface area contributed by atoms with Crippen molar-refractivity contribution in [2.75, 3.05) is 11.4 Å². The highest BCUT2D eigenvalue weighted by Crippen LogP contribution is 2.36. The lowest BCUT2D eigenvalue weighted by Gasteiger charge is -2.18. The van der Waals surface area contributed by atoms with Crippen molar-refractivity contribution in [3.05, 3.63) is 59.4 Å². The van der Waals surface area contributed by atoms with E-state index in [0.29, 0.717) is 18.0 Å². The highest BCUT2D eigenvalue weighted by atomic mass is 35.5. The minimum Gasteiger partial charge on any atom is -0.328 e. The molecule has 28 heavy (non-hydrogen) atoms. The van der Waals surface area contributed by atoms with Crippen molar-refractivity contribution in [1.29, 1.82) is 0 Å². The van der Waals surface area contributed by atoms with Crippen LogP contribution in [-0.4, -0.2) is 22.0 Å². The second kappa shape index (κ2) is 8.36. The summed E-state index contributed by atoms with van der Waals surface area (Å²) < 4.78 is 2.33. The van der Waals surface area contributed by atoms with Gasteiger partial charge in [0.2, 0.25) is 5.91 Å². The predicted molar refractivity (Wildman–Crippen MR) is 115 cm³/mol. The first-order chi connectivity index (χ1) is 13.7. The summed E-state index contributed by atoms with van der Waals surface area (Å²) in [6.45, 7) is 3.80. The van der Waals surface area contributed by atoms with Gasteiger partial charge < -0.3 is 9.47 Å². The summed E-state index contributed by atoms with van der Waals surface area (Å²) in [4.78, 5) is 19.5. The molecule has 1 aromatic heterocycles. The molecule has 1 aliphatic rings. The third kappa shape index (κ3) is 3.66. The first-order valence-electron chi connectivity index (χ1n) is 10.2. The van der Waals surface area contributed by atoms with Gasteiger partial charge in [-0.25, -0.2) is 4.98 Å². The average molecular weight is 396 g/mol. The number of hydrogen-bond donors (Lipinski definition) is 0. The number of rotatable bonds is 7. The third-order valence-electron chi connectivity index (χ3n) is 5.55. The molecule has 0 aliphatic carbocycles. The van der Waals surface area contributed by atoms with E-state index in [-0.39, 0.29) is 11.8 Å². The Labute approximate surface area is 171 Å². The van der Waals surface area contributed by atoms with E-state index in [9.17, 15) is 4.79 Å². The van der Waals surface area contributed by atoms with Crippen LogP contribution in [0.4, 0.5) is 5.69 Å². The molecule has 1 fully saturated rings. The number of carbonyl (C=O) groups excluding carboxylic acids is 1. The van der Waals surface area contributed by atoms with Gasteiger partial charge in [-0.05, 0) is 30.7 Å². The van der Waals surface area contributed by atoms with Gasteiger partial charge in [-0.15, -0.1) is 0 Å². The fraction of sp³-hybridized carbons (Fsp3) is 0.391. The summed E-state index contributed by atoms with van der Waals surface area (Å²) in [5, 5.41) is 0.615. The lowest BCUT2D eigenvalue weighted by Crippen LogP contribution is -2.24. The number of aromatic nitrogens is 2. The van der Waals surface area contributed by atoms with Crippen LogP contribution in [0.25, 0.3) is 11.0 Å². The van der Waals surface area contributed by atoms with Gasteiger partial charge in [0.25, 0.3) is 0 Å². The number of anilines is 1. The van der Waals surface area contributed by atoms with Gasteiger partial charge in [0.05, 0.1) is 21.7 Å². The largest absolute Gasteiger partial charge is 0.328 e. The molecule has 3 aromatic rings. The fourth-order valence-corrected chi connectivity index (χ4v) is 4.36. The zero-order valence-electron chi connectivity index (χ0n) is 16.3. The third-order valence-corrected chi connectivity index (χ3v) is 5.87. The Bertz CT molecular complexity index is 981. The molecule has 1 unspecified atom stereocenters. The molecule has 0 N–H and O–H groups in total. The van der Waals surface area contributed by atoms with Gasteiger partial charge in [0.15, 0.2) is 0 Å². The minimum absolute atomic E-state index is 0.0855. The van der Waals surface area contributed by atoms with Gasteiger partial charge in [-0.3, -0.25) is 4.79 Å². The Kier molecular flexibility index (Phi) is 5.67. The fourth-order valence-electron chi connectivity index (χ4n) is 4.12. The topological polar surface area (TPSA) is 38.1 Å². The Morgan fingerprint density at radius 3 is 2.68 bits per heavy atom. The van der Waals surface area contributed by atoms with Crippen LogP contribution in [0, 0.1) is 0 Å². The first kappa shape index (κ1) is 19.0. The highest BCUT2D eigenvalue weighted by Gasteiger charge is 2.35. The van der Waals surface area contributed by atoms with Crippen molar-refractivity contribution in [2.45, 2.75) is 51.5 Å². The number of fused-ring (bicyclic) bond motifs is 1. The zero-order chi connectivity index (χ0) is 19.5. The van der Waals surface area contributed by atoms with E-state index in [1.54, 1.807) is 0 Å². The second-order valence-electron chi connectivity index (χ2n) is 7.53. The molecular weight excluding hydrogens is 370 g/mol. The van der Waals surface area contributed by atoms with Crippen LogP contribution in [0.3, 0.4) is 0 Å². The monoisotopic (exact) mass is 395 g/mol. The van der Waals surface area contributed by atoms with E-state index in [2.05, 4.69) is 29.7 Å². The molecule has 2 aromatic carbocycles. The predicted octanol–water partition coefficient (Wildman–Crippen LogP) is 5.79. The van der Waals surface area contributed by atoms with Gasteiger partial charge in [0.1, 0.15) is 5.82 Å². The van der Waals surface area contributed by atoms with E-state index in [4.69, 9.17) is 16.6 Å². The van der Waals surface area contributed by atoms with Crippen LogP contribution >= 0.6 is 11.6 Å². The van der Waals surface area contributed by atoms with Gasteiger partial charge in [0, 0.05) is 25.4 Å². The van der Waals surface area contributed by atoms with E-state index >= 15 is 0 Å². The molecule has 4 rings (SSSR count). The molecule has 0 spiro atoms. The number of benzene rings is 2. The lowest BCUT2D eigenvalue weighted by atomic mass is 10.1. The summed E-state index contributed by atoms with van der Waals surface area (Å²) >= 11 is 6.34. The summed E-state index contributed by atoms with van der Waals surface area (Å²) in [5.41, 5.74) is 2.97. The number of nitrogens with zero attached hydrogens (tertiary/aromatic N) is 3. The second-order valence-corrected chi connectivity index (χ2v) is 7.94. The van der Waals surface area contributed by atoms with E-state index < -0.39 is 0 Å². The van der Waals surface area contributed by atoms with Crippen LogP contribution in [-0.2, 0) is 11.3 Å². The van der Waals surface area contributed by atoms with Crippen LogP contribution in [0.5, 0.6) is 0 Å². The standard InChI is InChI=1S/C23H26ClN3O/c1-2-3-4-9-14-26-21-13-8-6-11-19(21)25-23(26)17-15-22(28)27(16-17)20-12-7-5-10-18(20)24/h5-8,10-13,17H,2-4,9,14-16H2,1H3. The summed E-state index contributed by atoms with van der Waals surface area (Å²) in [5.74, 6) is 1.23. The van der Waals surface area contributed by atoms with Crippen molar-refractivity contribution in [1.82, 2.24) is 9.55 Å². The molecule has 2 heterocycles. The summed E-state index contributed by atoms with van der Waals surface area (Å²) in [7, 11) is 0. The number of aryl methyl sites for hydroxylation is 1. The maximum Gasteiger partial charge on any atom is 0.227 e. The molecule has 146 valence electrons. The van der Waals surface area contributed by atoms with Crippen molar-refractivity contribution in [2.24, 2.45) is 0 Å². The molecule has 1 saturated heterocycles. The molecule has 0 radical (unpaired) electrons. The molecular formula is C23H26ClN3O. The number of para-hydroxylation sites is 3. The zero-order valence-corrected chi connectivity index (χ0v) is 17.0. The maximum atomic E-state index is 12.8. The Hall–Kier alpha value is -2.33. The lowest BCUT2D eigenvalue weighted by molar-refractivity contribution is -0.117. The van der Waals surface area contributed by atoms with Crippen LogP contribution in [0.2, 0.25) is 5.02 Å². The summed E-state index contributed by atoms with van der Waals surface area (Å²) in [6, 6.07) is 15.8. The normalized spacial score (nSPS) is 17.0. The number of hydrogen-bond acceptors (Lipinski definition) is 2. The Morgan fingerprint density at radius 1 is 1.07 bits per heavy atom. The van der Waals surface area contributed by atoms with Crippen molar-refractivity contribution >= 4 is 34.2 Å². The number of unbranched alkanes of at least 4 members (excludes halogenated alkanes) is 3. The molecule has 1 aliphatic heterocycles. The molecule has 1 atom stereocenters. The molecule has 1 amide bonds. The van der Waals surface area contributed by atoms with Crippen molar-refractivity contribution < 1.29 is 4.79 Å². The van der Waals surface area contributed by atoms with Gasteiger partial charge >= 0.3 is 0 Å². The van der Waals surface area contributed by atoms with Crippen LogP contribution in [0.15, 0.2) is 48.5 Å². The highest BCUT2D eigenvalue weighted by molar-refractivity contribution is 6.33. The number of carbonyl (C=O) groups is 1. The Morgan fingerprint density at radius 2 is 1.86 bits per heavy atom. The minimum atomic E-state index is 0.0855. The van der Waals surface area contributed by atoms with Gasteiger partial charge in [-0.2, -0.15) is 0 Å². The SMILES string of the molecule is CCCCCCn1c(C2CC(=O)N(c3ccccc3Cl)C2)nc2ccccc21. The average Bonchev–Trinajstić information content (AvgIpc) is 3.26. The first-order valence-corrected chi connectivity index (χ1v) is 10.6. The molecule has 0 saturated carbocycles.